The van der Waals surface area contributed by atoms with Crippen molar-refractivity contribution in [3.8, 4) is 0 Å². The second kappa shape index (κ2) is 7.79. The summed E-state index contributed by atoms with van der Waals surface area (Å²) in [6, 6.07) is 5.77. The minimum Gasteiger partial charge on any atom is -0.393 e. The Morgan fingerprint density at radius 1 is 1.50 bits per heavy atom. The van der Waals surface area contributed by atoms with Crippen LogP contribution in [-0.2, 0) is 4.79 Å². The van der Waals surface area contributed by atoms with Crippen molar-refractivity contribution in [1.82, 2.24) is 5.32 Å². The smallest absolute Gasteiger partial charge is 0.238 e. The molecule has 0 saturated heterocycles. The Bertz CT molecular complexity index is 383. The van der Waals surface area contributed by atoms with Crippen molar-refractivity contribution < 1.29 is 14.3 Å². The highest BCUT2D eigenvalue weighted by atomic mass is 19.1. The summed E-state index contributed by atoms with van der Waals surface area (Å²) >= 11 is 0. The molecule has 18 heavy (non-hydrogen) atoms. The number of carbonyl (C=O) groups is 1. The number of hydrogen-bond donors (Lipinski definition) is 3. The molecular formula is C13H19FN2O2. The molecule has 0 radical (unpaired) electrons. The predicted octanol–water partition coefficient (Wildman–Crippen LogP) is 1.51. The van der Waals surface area contributed by atoms with Crippen LogP contribution in [0.5, 0.6) is 0 Å². The lowest BCUT2D eigenvalue weighted by Crippen LogP contribution is -2.29. The normalized spacial score (nSPS) is 12.2. The first kappa shape index (κ1) is 14.6. The molecular weight excluding hydrogens is 235 g/mol. The fourth-order valence-electron chi connectivity index (χ4n) is 1.50. The lowest BCUT2D eigenvalue weighted by atomic mass is 10.2. The van der Waals surface area contributed by atoms with E-state index in [1.165, 1.54) is 12.1 Å². The number of hydrogen-bond acceptors (Lipinski definition) is 3. The molecule has 0 heterocycles. The Morgan fingerprint density at radius 2 is 2.28 bits per heavy atom. The van der Waals surface area contributed by atoms with Crippen LogP contribution in [0.4, 0.5) is 10.1 Å². The van der Waals surface area contributed by atoms with Gasteiger partial charge in [0.1, 0.15) is 5.82 Å². The lowest BCUT2D eigenvalue weighted by Gasteiger charge is -2.07. The van der Waals surface area contributed by atoms with Gasteiger partial charge in [-0.1, -0.05) is 6.07 Å². The van der Waals surface area contributed by atoms with Gasteiger partial charge in [-0.25, -0.2) is 4.39 Å². The summed E-state index contributed by atoms with van der Waals surface area (Å²) in [5.41, 5.74) is 0.450. The Balaban J connectivity index is 2.18. The fraction of sp³-hybridized carbons (Fsp3) is 0.462. The SMILES string of the molecule is CC(O)CCCNCC(=O)Nc1cccc(F)c1. The van der Waals surface area contributed by atoms with Crippen molar-refractivity contribution in [2.24, 2.45) is 0 Å². The third-order valence-electron chi connectivity index (χ3n) is 2.37. The summed E-state index contributed by atoms with van der Waals surface area (Å²) in [6.07, 6.45) is 1.21. The molecule has 0 fully saturated rings. The minimum atomic E-state index is -0.377. The summed E-state index contributed by atoms with van der Waals surface area (Å²) in [5.74, 6) is -0.588. The van der Waals surface area contributed by atoms with Crippen LogP contribution in [0, 0.1) is 5.82 Å². The molecule has 1 atom stereocenters. The van der Waals surface area contributed by atoms with Crippen LogP contribution in [-0.4, -0.2) is 30.2 Å². The van der Waals surface area contributed by atoms with Crippen molar-refractivity contribution in [3.63, 3.8) is 0 Å². The van der Waals surface area contributed by atoms with Gasteiger partial charge in [0.05, 0.1) is 12.6 Å². The summed E-state index contributed by atoms with van der Waals surface area (Å²) < 4.78 is 12.9. The molecule has 0 aliphatic carbocycles. The average Bonchev–Trinajstić information content (AvgIpc) is 2.28. The lowest BCUT2D eigenvalue weighted by molar-refractivity contribution is -0.115. The van der Waals surface area contributed by atoms with E-state index in [1.807, 2.05) is 0 Å². The Kier molecular flexibility index (Phi) is 6.32. The van der Waals surface area contributed by atoms with Crippen molar-refractivity contribution in [1.29, 1.82) is 0 Å². The highest BCUT2D eigenvalue weighted by Gasteiger charge is 2.02. The van der Waals surface area contributed by atoms with Gasteiger partial charge in [0.2, 0.25) is 5.91 Å². The highest BCUT2D eigenvalue weighted by Crippen LogP contribution is 2.08. The summed E-state index contributed by atoms with van der Waals surface area (Å²) in [4.78, 5) is 11.5. The summed E-state index contributed by atoms with van der Waals surface area (Å²) in [7, 11) is 0. The molecule has 4 nitrogen and oxygen atoms in total. The first-order chi connectivity index (χ1) is 8.58. The van der Waals surface area contributed by atoms with E-state index in [2.05, 4.69) is 10.6 Å². The number of halogens is 1. The van der Waals surface area contributed by atoms with E-state index in [1.54, 1.807) is 19.1 Å². The number of aliphatic hydroxyl groups excluding tert-OH is 1. The van der Waals surface area contributed by atoms with Gasteiger partial charge < -0.3 is 15.7 Å². The molecule has 0 aliphatic heterocycles. The van der Waals surface area contributed by atoms with E-state index >= 15 is 0 Å². The molecule has 3 N–H and O–H groups in total. The van der Waals surface area contributed by atoms with Crippen LogP contribution in [0.25, 0.3) is 0 Å². The van der Waals surface area contributed by atoms with Crippen LogP contribution in [0.2, 0.25) is 0 Å². The highest BCUT2D eigenvalue weighted by molar-refractivity contribution is 5.92. The van der Waals surface area contributed by atoms with E-state index < -0.39 is 0 Å². The third kappa shape index (κ3) is 6.32. The quantitative estimate of drug-likeness (QED) is 0.646. The third-order valence-corrected chi connectivity index (χ3v) is 2.37. The zero-order valence-corrected chi connectivity index (χ0v) is 10.4. The molecule has 1 amide bonds. The number of nitrogens with one attached hydrogen (secondary N) is 2. The number of rotatable bonds is 7. The molecule has 0 spiro atoms. The van der Waals surface area contributed by atoms with Gasteiger partial charge in [-0.2, -0.15) is 0 Å². The molecule has 1 aromatic rings. The monoisotopic (exact) mass is 254 g/mol. The van der Waals surface area contributed by atoms with Gasteiger partial charge in [0.25, 0.3) is 0 Å². The van der Waals surface area contributed by atoms with Crippen LogP contribution < -0.4 is 10.6 Å². The maximum atomic E-state index is 12.9. The molecule has 1 rings (SSSR count). The Morgan fingerprint density at radius 3 is 2.94 bits per heavy atom. The fourth-order valence-corrected chi connectivity index (χ4v) is 1.50. The largest absolute Gasteiger partial charge is 0.393 e. The Labute approximate surface area is 106 Å². The second-order valence-corrected chi connectivity index (χ2v) is 4.23. The first-order valence-electron chi connectivity index (χ1n) is 6.02. The number of benzene rings is 1. The molecule has 5 heteroatoms. The summed E-state index contributed by atoms with van der Waals surface area (Å²) in [6.45, 7) is 2.58. The molecule has 0 aliphatic rings. The van der Waals surface area contributed by atoms with E-state index in [9.17, 15) is 9.18 Å². The average molecular weight is 254 g/mol. The van der Waals surface area contributed by atoms with Crippen molar-refractivity contribution in [2.75, 3.05) is 18.4 Å². The van der Waals surface area contributed by atoms with Gasteiger partial charge >= 0.3 is 0 Å². The molecule has 1 unspecified atom stereocenters. The van der Waals surface area contributed by atoms with Gasteiger partial charge in [-0.3, -0.25) is 4.79 Å². The zero-order valence-electron chi connectivity index (χ0n) is 10.4. The van der Waals surface area contributed by atoms with Gasteiger partial charge in [-0.05, 0) is 44.5 Å². The van der Waals surface area contributed by atoms with Gasteiger partial charge in [0.15, 0.2) is 0 Å². The number of anilines is 1. The van der Waals surface area contributed by atoms with Crippen molar-refractivity contribution in [2.45, 2.75) is 25.9 Å². The predicted molar refractivity (Wildman–Crippen MR) is 68.8 cm³/mol. The Hall–Kier alpha value is -1.46. The maximum absolute atomic E-state index is 12.9. The first-order valence-corrected chi connectivity index (χ1v) is 6.02. The minimum absolute atomic E-state index is 0.177. The zero-order chi connectivity index (χ0) is 13.4. The second-order valence-electron chi connectivity index (χ2n) is 4.23. The van der Waals surface area contributed by atoms with E-state index in [4.69, 9.17) is 5.11 Å². The van der Waals surface area contributed by atoms with Crippen molar-refractivity contribution in [3.05, 3.63) is 30.1 Å². The van der Waals surface area contributed by atoms with Crippen LogP contribution in [0.15, 0.2) is 24.3 Å². The molecule has 100 valence electrons. The molecule has 0 bridgehead atoms. The standard InChI is InChI=1S/C13H19FN2O2/c1-10(17)4-3-7-15-9-13(18)16-12-6-2-5-11(14)8-12/h2,5-6,8,10,15,17H,3-4,7,9H2,1H3,(H,16,18). The van der Waals surface area contributed by atoms with Crippen LogP contribution in [0.1, 0.15) is 19.8 Å². The van der Waals surface area contributed by atoms with Crippen LogP contribution >= 0.6 is 0 Å². The van der Waals surface area contributed by atoms with E-state index in [0.29, 0.717) is 18.7 Å². The van der Waals surface area contributed by atoms with Gasteiger partial charge in [-0.15, -0.1) is 0 Å². The number of aliphatic hydroxyl groups is 1. The van der Waals surface area contributed by atoms with E-state index in [-0.39, 0.29) is 24.4 Å². The number of amides is 1. The van der Waals surface area contributed by atoms with Crippen LogP contribution in [0.3, 0.4) is 0 Å². The topological polar surface area (TPSA) is 61.4 Å². The molecule has 1 aromatic carbocycles. The summed E-state index contributed by atoms with van der Waals surface area (Å²) in [5, 5.41) is 14.6. The maximum Gasteiger partial charge on any atom is 0.238 e. The molecule has 0 saturated carbocycles. The number of carbonyl (C=O) groups excluding carboxylic acids is 1. The molecule has 0 aromatic heterocycles. The van der Waals surface area contributed by atoms with Crippen molar-refractivity contribution >= 4 is 11.6 Å². The van der Waals surface area contributed by atoms with Gasteiger partial charge in [0, 0.05) is 5.69 Å². The van der Waals surface area contributed by atoms with E-state index in [0.717, 1.165) is 6.42 Å².